The maximum atomic E-state index is 9.80. The molecule has 0 aromatic heterocycles. The molecule has 0 aromatic rings. The van der Waals surface area contributed by atoms with Crippen LogP contribution in [0, 0.1) is 0 Å². The summed E-state index contributed by atoms with van der Waals surface area (Å²) in [6, 6.07) is 0. The average molecular weight is 232 g/mol. The van der Waals surface area contributed by atoms with Crippen LogP contribution in [0.5, 0.6) is 0 Å². The van der Waals surface area contributed by atoms with Gasteiger partial charge in [0, 0.05) is 0 Å². The molecule has 0 aliphatic heterocycles. The van der Waals surface area contributed by atoms with Gasteiger partial charge in [-0.05, 0) is 44.3 Å². The first-order valence-electron chi connectivity index (χ1n) is 6.57. The molecular formula is C16H24O. The number of hydrogen-bond donors (Lipinski definition) is 1. The highest BCUT2D eigenvalue weighted by atomic mass is 16.3. The van der Waals surface area contributed by atoms with Crippen LogP contribution >= 0.6 is 0 Å². The normalized spacial score (nSPS) is 18.5. The molecule has 1 atom stereocenters. The number of hydrogen-bond acceptors (Lipinski definition) is 1. The van der Waals surface area contributed by atoms with Crippen LogP contribution in [0.15, 0.2) is 47.1 Å². The first-order valence-corrected chi connectivity index (χ1v) is 6.57. The first kappa shape index (κ1) is 14.0. The molecule has 0 saturated carbocycles. The van der Waals surface area contributed by atoms with Gasteiger partial charge < -0.3 is 5.11 Å². The van der Waals surface area contributed by atoms with Crippen molar-refractivity contribution in [3.8, 4) is 0 Å². The van der Waals surface area contributed by atoms with Crippen molar-refractivity contribution < 1.29 is 5.11 Å². The predicted molar refractivity (Wildman–Crippen MR) is 74.9 cm³/mol. The van der Waals surface area contributed by atoms with E-state index in [4.69, 9.17) is 0 Å². The minimum absolute atomic E-state index is 0.172. The number of aliphatic hydroxyl groups is 1. The summed E-state index contributed by atoms with van der Waals surface area (Å²) in [5.41, 5.74) is 4.01. The second-order valence-corrected chi connectivity index (χ2v) is 4.58. The summed E-state index contributed by atoms with van der Waals surface area (Å²) in [6.45, 7) is 6.22. The summed E-state index contributed by atoms with van der Waals surface area (Å²) in [5.74, 6) is 0. The van der Waals surface area contributed by atoms with Crippen molar-refractivity contribution in [3.05, 3.63) is 47.1 Å². The molecule has 0 fully saturated rings. The maximum absolute atomic E-state index is 9.80. The van der Waals surface area contributed by atoms with Gasteiger partial charge in [0.1, 0.15) is 0 Å². The summed E-state index contributed by atoms with van der Waals surface area (Å²) >= 11 is 0. The Balaban J connectivity index is 2.50. The van der Waals surface area contributed by atoms with Crippen LogP contribution in [0.2, 0.25) is 0 Å². The van der Waals surface area contributed by atoms with E-state index >= 15 is 0 Å². The van der Waals surface area contributed by atoms with Crippen molar-refractivity contribution in [3.63, 3.8) is 0 Å². The molecule has 0 heterocycles. The molecule has 1 N–H and O–H groups in total. The highest BCUT2D eigenvalue weighted by molar-refractivity contribution is 5.47. The fourth-order valence-corrected chi connectivity index (χ4v) is 2.23. The van der Waals surface area contributed by atoms with Gasteiger partial charge in [-0.1, -0.05) is 49.3 Å². The molecule has 1 unspecified atom stereocenters. The van der Waals surface area contributed by atoms with Crippen molar-refractivity contribution in [1.82, 2.24) is 0 Å². The maximum Gasteiger partial charge on any atom is 0.0577 e. The predicted octanol–water partition coefficient (Wildman–Crippen LogP) is 4.32. The Kier molecular flexibility index (Phi) is 5.99. The zero-order valence-corrected chi connectivity index (χ0v) is 11.2. The summed E-state index contributed by atoms with van der Waals surface area (Å²) in [5, 5.41) is 9.80. The van der Waals surface area contributed by atoms with Gasteiger partial charge in [-0.25, -0.2) is 0 Å². The zero-order valence-electron chi connectivity index (χ0n) is 11.2. The summed E-state index contributed by atoms with van der Waals surface area (Å²) in [6.07, 6.45) is 14.3. The molecule has 1 rings (SSSR count). The minimum Gasteiger partial charge on any atom is -0.393 e. The fourth-order valence-electron chi connectivity index (χ4n) is 2.23. The molecule has 0 bridgehead atoms. The quantitative estimate of drug-likeness (QED) is 0.676. The Labute approximate surface area is 105 Å². The van der Waals surface area contributed by atoms with Crippen LogP contribution < -0.4 is 0 Å². The lowest BCUT2D eigenvalue weighted by molar-refractivity contribution is 0.163. The smallest absolute Gasteiger partial charge is 0.0577 e. The van der Waals surface area contributed by atoms with E-state index in [-0.39, 0.29) is 6.10 Å². The van der Waals surface area contributed by atoms with Gasteiger partial charge in [-0.15, -0.1) is 0 Å². The van der Waals surface area contributed by atoms with Crippen molar-refractivity contribution in [2.45, 2.75) is 52.6 Å². The van der Waals surface area contributed by atoms with Gasteiger partial charge in [0.2, 0.25) is 0 Å². The Bertz CT molecular complexity index is 356. The van der Waals surface area contributed by atoms with Crippen LogP contribution in [-0.4, -0.2) is 11.2 Å². The summed E-state index contributed by atoms with van der Waals surface area (Å²) in [4.78, 5) is 0. The first-order chi connectivity index (χ1) is 8.21. The van der Waals surface area contributed by atoms with Crippen LogP contribution in [0.3, 0.4) is 0 Å². The monoisotopic (exact) mass is 232 g/mol. The second kappa shape index (κ2) is 7.29. The highest BCUT2D eigenvalue weighted by Crippen LogP contribution is 2.29. The van der Waals surface area contributed by atoms with E-state index in [0.717, 1.165) is 25.7 Å². The van der Waals surface area contributed by atoms with Crippen molar-refractivity contribution in [1.29, 1.82) is 0 Å². The summed E-state index contributed by atoms with van der Waals surface area (Å²) in [7, 11) is 0. The van der Waals surface area contributed by atoms with Crippen LogP contribution in [0.1, 0.15) is 46.5 Å². The highest BCUT2D eigenvalue weighted by Gasteiger charge is 2.13. The molecule has 0 aromatic carbocycles. The van der Waals surface area contributed by atoms with E-state index in [1.807, 2.05) is 6.92 Å². The Morgan fingerprint density at radius 3 is 2.76 bits per heavy atom. The zero-order chi connectivity index (χ0) is 12.7. The van der Waals surface area contributed by atoms with Crippen molar-refractivity contribution in [2.24, 2.45) is 0 Å². The van der Waals surface area contributed by atoms with Crippen LogP contribution in [0.25, 0.3) is 0 Å². The topological polar surface area (TPSA) is 20.2 Å². The molecule has 0 spiro atoms. The van der Waals surface area contributed by atoms with E-state index < -0.39 is 0 Å². The van der Waals surface area contributed by atoms with Crippen molar-refractivity contribution in [2.75, 3.05) is 0 Å². The largest absolute Gasteiger partial charge is 0.393 e. The fraction of sp³-hybridized carbons (Fsp3) is 0.500. The second-order valence-electron chi connectivity index (χ2n) is 4.58. The van der Waals surface area contributed by atoms with Gasteiger partial charge in [0.15, 0.2) is 0 Å². The van der Waals surface area contributed by atoms with Crippen LogP contribution in [0.4, 0.5) is 0 Å². The van der Waals surface area contributed by atoms with E-state index in [0.29, 0.717) is 0 Å². The molecule has 1 nitrogen and oxygen atoms in total. The molecule has 0 amide bonds. The van der Waals surface area contributed by atoms with Crippen molar-refractivity contribution >= 4 is 0 Å². The lowest BCUT2D eigenvalue weighted by Gasteiger charge is -2.11. The van der Waals surface area contributed by atoms with Gasteiger partial charge in [0.05, 0.1) is 6.10 Å². The number of aliphatic hydroxyl groups excluding tert-OH is 1. The molecule has 17 heavy (non-hydrogen) atoms. The van der Waals surface area contributed by atoms with Crippen LogP contribution in [-0.2, 0) is 0 Å². The summed E-state index contributed by atoms with van der Waals surface area (Å²) < 4.78 is 0. The van der Waals surface area contributed by atoms with E-state index in [1.54, 1.807) is 0 Å². The van der Waals surface area contributed by atoms with Gasteiger partial charge in [-0.2, -0.15) is 0 Å². The minimum atomic E-state index is -0.172. The Morgan fingerprint density at radius 2 is 2.18 bits per heavy atom. The number of rotatable bonds is 6. The van der Waals surface area contributed by atoms with Gasteiger partial charge >= 0.3 is 0 Å². The lowest BCUT2D eigenvalue weighted by atomic mass is 9.98. The van der Waals surface area contributed by atoms with Gasteiger partial charge in [0.25, 0.3) is 0 Å². The lowest BCUT2D eigenvalue weighted by Crippen LogP contribution is -2.06. The van der Waals surface area contributed by atoms with E-state index in [1.165, 1.54) is 16.7 Å². The third-order valence-corrected chi connectivity index (χ3v) is 3.09. The average Bonchev–Trinajstić information content (AvgIpc) is 2.74. The third kappa shape index (κ3) is 4.35. The molecule has 1 aliphatic carbocycles. The van der Waals surface area contributed by atoms with Gasteiger partial charge in [-0.3, -0.25) is 0 Å². The molecule has 94 valence electrons. The Morgan fingerprint density at radius 1 is 1.41 bits per heavy atom. The molecule has 1 aliphatic rings. The third-order valence-electron chi connectivity index (χ3n) is 3.09. The molecule has 1 heteroatoms. The van der Waals surface area contributed by atoms with E-state index in [9.17, 15) is 5.11 Å². The molecular weight excluding hydrogens is 208 g/mol. The van der Waals surface area contributed by atoms with E-state index in [2.05, 4.69) is 44.2 Å². The molecule has 0 saturated heterocycles. The molecule has 0 radical (unpaired) electrons. The SMILES string of the molecule is C/C=C\C(=C/C)C1=CC=C(CC(O)CCC)C1. The Hall–Kier alpha value is -1.08. The number of allylic oxidation sites excluding steroid dienone is 7. The standard InChI is InChI=1S/C16H24O/c1-4-7-14(6-3)15-10-9-13(11-15)12-16(17)8-5-2/h4,6-7,9-10,16-17H,5,8,11-12H2,1-3H3/b7-4-,14-6+.